The average molecular weight is 231 g/mol. The van der Waals surface area contributed by atoms with E-state index in [1.165, 1.54) is 12.1 Å². The van der Waals surface area contributed by atoms with Gasteiger partial charge in [-0.05, 0) is 25.0 Å². The van der Waals surface area contributed by atoms with E-state index in [-0.39, 0.29) is 5.69 Å². The predicted molar refractivity (Wildman–Crippen MR) is 54.0 cm³/mol. The molecule has 0 radical (unpaired) electrons. The smallest absolute Gasteiger partial charge is 0.358 e. The highest BCUT2D eigenvalue weighted by Gasteiger charge is 2.43. The molecule has 0 aliphatic carbocycles. The van der Waals surface area contributed by atoms with Gasteiger partial charge in [0.25, 0.3) is 0 Å². The number of hydrogen-bond donors (Lipinski definition) is 0. The molecule has 1 unspecified atom stereocenters. The minimum Gasteiger partial charge on any atom is -0.358 e. The van der Waals surface area contributed by atoms with Crippen molar-refractivity contribution in [1.82, 2.24) is 0 Å². The van der Waals surface area contributed by atoms with Gasteiger partial charge in [0.15, 0.2) is 0 Å². The molecule has 2 rings (SSSR count). The predicted octanol–water partition coefficient (Wildman–Crippen LogP) is 3.15. The van der Waals surface area contributed by atoms with E-state index in [0.29, 0.717) is 24.3 Å². The summed E-state index contributed by atoms with van der Waals surface area (Å²) in [5.41, 5.74) is 0.127. The van der Waals surface area contributed by atoms with Crippen molar-refractivity contribution in [2.75, 3.05) is 11.5 Å². The summed E-state index contributed by atoms with van der Waals surface area (Å²) in [5.74, 6) is 0. The fourth-order valence-corrected chi connectivity index (χ4v) is 1.83. The molecule has 0 N–H and O–H groups in total. The number of para-hydroxylation sites is 1. The van der Waals surface area contributed by atoms with E-state index in [1.807, 2.05) is 0 Å². The standard InChI is InChI=1S/C11H12F3NO/c12-11(13,14)15(10-7-4-8-16-10)9-5-2-1-3-6-9/h1-3,5-6,10H,4,7-8H2. The average Bonchev–Trinajstić information content (AvgIpc) is 2.71. The van der Waals surface area contributed by atoms with Gasteiger partial charge in [-0.15, -0.1) is 13.2 Å². The molecule has 1 fully saturated rings. The van der Waals surface area contributed by atoms with Crippen molar-refractivity contribution in [2.24, 2.45) is 0 Å². The van der Waals surface area contributed by atoms with Gasteiger partial charge < -0.3 is 4.74 Å². The van der Waals surface area contributed by atoms with Crippen LogP contribution in [-0.4, -0.2) is 19.1 Å². The molecule has 0 saturated carbocycles. The van der Waals surface area contributed by atoms with Crippen LogP contribution in [0, 0.1) is 0 Å². The zero-order chi connectivity index (χ0) is 11.6. The van der Waals surface area contributed by atoms with Crippen molar-refractivity contribution in [1.29, 1.82) is 0 Å². The maximum atomic E-state index is 12.9. The molecule has 1 heterocycles. The monoisotopic (exact) mass is 231 g/mol. The quantitative estimate of drug-likeness (QED) is 0.725. The van der Waals surface area contributed by atoms with Crippen LogP contribution < -0.4 is 4.90 Å². The van der Waals surface area contributed by atoms with Gasteiger partial charge in [0.05, 0.1) is 0 Å². The molecule has 0 bridgehead atoms. The topological polar surface area (TPSA) is 12.5 Å². The van der Waals surface area contributed by atoms with Gasteiger partial charge >= 0.3 is 6.30 Å². The molecule has 1 atom stereocenters. The highest BCUT2D eigenvalue weighted by atomic mass is 19.4. The Balaban J connectivity index is 2.28. The van der Waals surface area contributed by atoms with E-state index in [2.05, 4.69) is 0 Å². The van der Waals surface area contributed by atoms with Crippen LogP contribution in [0.2, 0.25) is 0 Å². The zero-order valence-electron chi connectivity index (χ0n) is 8.57. The zero-order valence-corrected chi connectivity index (χ0v) is 8.57. The molecule has 1 saturated heterocycles. The Labute approximate surface area is 91.6 Å². The van der Waals surface area contributed by atoms with E-state index >= 15 is 0 Å². The first-order valence-corrected chi connectivity index (χ1v) is 5.12. The first kappa shape index (κ1) is 11.3. The number of rotatable bonds is 2. The van der Waals surface area contributed by atoms with Gasteiger partial charge in [0.2, 0.25) is 0 Å². The van der Waals surface area contributed by atoms with Crippen molar-refractivity contribution in [3.63, 3.8) is 0 Å². The van der Waals surface area contributed by atoms with Crippen molar-refractivity contribution in [3.05, 3.63) is 30.3 Å². The minimum atomic E-state index is -4.41. The summed E-state index contributed by atoms with van der Waals surface area (Å²) in [4.78, 5) is 0.389. The lowest BCUT2D eigenvalue weighted by atomic mass is 10.2. The fraction of sp³-hybridized carbons (Fsp3) is 0.455. The van der Waals surface area contributed by atoms with Crippen molar-refractivity contribution in [2.45, 2.75) is 25.4 Å². The number of hydrogen-bond acceptors (Lipinski definition) is 2. The summed E-state index contributed by atoms with van der Waals surface area (Å²) in [6.45, 7) is 0.393. The maximum Gasteiger partial charge on any atom is 0.486 e. The normalized spacial score (nSPS) is 21.1. The van der Waals surface area contributed by atoms with E-state index in [1.54, 1.807) is 18.2 Å². The first-order valence-electron chi connectivity index (χ1n) is 5.12. The van der Waals surface area contributed by atoms with E-state index in [9.17, 15) is 13.2 Å². The number of benzene rings is 1. The van der Waals surface area contributed by atoms with Gasteiger partial charge in [-0.1, -0.05) is 18.2 Å². The van der Waals surface area contributed by atoms with Crippen molar-refractivity contribution < 1.29 is 17.9 Å². The lowest BCUT2D eigenvalue weighted by Crippen LogP contribution is -2.45. The second-order valence-corrected chi connectivity index (χ2v) is 3.64. The van der Waals surface area contributed by atoms with Crippen LogP contribution in [0.15, 0.2) is 30.3 Å². The number of nitrogens with zero attached hydrogens (tertiary/aromatic N) is 1. The Hall–Kier alpha value is -1.23. The molecule has 1 aromatic rings. The molecule has 5 heteroatoms. The summed E-state index contributed by atoms with van der Waals surface area (Å²) < 4.78 is 43.8. The van der Waals surface area contributed by atoms with Crippen LogP contribution in [0.5, 0.6) is 0 Å². The maximum absolute atomic E-state index is 12.9. The van der Waals surface area contributed by atoms with Gasteiger partial charge in [0, 0.05) is 12.3 Å². The second-order valence-electron chi connectivity index (χ2n) is 3.64. The third kappa shape index (κ3) is 2.29. The molecule has 1 aliphatic heterocycles. The van der Waals surface area contributed by atoms with Gasteiger partial charge in [-0.3, -0.25) is 4.90 Å². The summed E-state index contributed by atoms with van der Waals surface area (Å²) in [6, 6.07) is 7.74. The lowest BCUT2D eigenvalue weighted by Gasteiger charge is -2.31. The highest BCUT2D eigenvalue weighted by molar-refractivity contribution is 5.47. The molecule has 88 valence electrons. The van der Waals surface area contributed by atoms with E-state index < -0.39 is 12.5 Å². The Bertz CT molecular complexity index is 333. The number of anilines is 1. The SMILES string of the molecule is FC(F)(F)N(c1ccccc1)C1CCCO1. The Morgan fingerprint density at radius 2 is 1.88 bits per heavy atom. The Morgan fingerprint density at radius 1 is 1.19 bits per heavy atom. The number of halogens is 3. The Kier molecular flexibility index (Phi) is 3.05. The van der Waals surface area contributed by atoms with Crippen LogP contribution in [0.25, 0.3) is 0 Å². The van der Waals surface area contributed by atoms with Crippen LogP contribution >= 0.6 is 0 Å². The number of alkyl halides is 3. The third-order valence-corrected chi connectivity index (χ3v) is 2.50. The third-order valence-electron chi connectivity index (χ3n) is 2.50. The van der Waals surface area contributed by atoms with Crippen LogP contribution in [0.4, 0.5) is 18.9 Å². The van der Waals surface area contributed by atoms with Crippen LogP contribution in [0.3, 0.4) is 0 Å². The second kappa shape index (κ2) is 4.33. The summed E-state index contributed by atoms with van der Waals surface area (Å²) >= 11 is 0. The van der Waals surface area contributed by atoms with Crippen molar-refractivity contribution in [3.8, 4) is 0 Å². The molecule has 1 aliphatic rings. The summed E-state index contributed by atoms with van der Waals surface area (Å²) in [5, 5.41) is 0. The van der Waals surface area contributed by atoms with E-state index in [4.69, 9.17) is 4.74 Å². The van der Waals surface area contributed by atoms with Crippen LogP contribution in [-0.2, 0) is 4.74 Å². The molecular formula is C11H12F3NO. The van der Waals surface area contributed by atoms with Gasteiger partial charge in [0.1, 0.15) is 6.23 Å². The molecule has 0 aromatic heterocycles. The molecule has 16 heavy (non-hydrogen) atoms. The summed E-state index contributed by atoms with van der Waals surface area (Å²) in [6.07, 6.45) is -4.21. The minimum absolute atomic E-state index is 0.127. The highest BCUT2D eigenvalue weighted by Crippen LogP contribution is 2.34. The molecular weight excluding hydrogens is 219 g/mol. The first-order chi connectivity index (χ1) is 7.59. The fourth-order valence-electron chi connectivity index (χ4n) is 1.83. The van der Waals surface area contributed by atoms with Crippen LogP contribution in [0.1, 0.15) is 12.8 Å². The van der Waals surface area contributed by atoms with Gasteiger partial charge in [-0.25, -0.2) is 0 Å². The largest absolute Gasteiger partial charge is 0.486 e. The number of ether oxygens (including phenoxy) is 1. The molecule has 0 amide bonds. The Morgan fingerprint density at radius 3 is 2.38 bits per heavy atom. The van der Waals surface area contributed by atoms with E-state index in [0.717, 1.165) is 0 Å². The molecule has 1 aromatic carbocycles. The molecule has 2 nitrogen and oxygen atoms in total. The van der Waals surface area contributed by atoms with Crippen molar-refractivity contribution >= 4 is 5.69 Å². The van der Waals surface area contributed by atoms with Gasteiger partial charge in [-0.2, -0.15) is 0 Å². The lowest BCUT2D eigenvalue weighted by molar-refractivity contribution is -0.150. The summed E-state index contributed by atoms with van der Waals surface area (Å²) in [7, 11) is 0. The molecule has 0 spiro atoms.